The average Bonchev–Trinajstić information content (AvgIpc) is 3.15. The summed E-state index contributed by atoms with van der Waals surface area (Å²) < 4.78 is 10.7. The van der Waals surface area contributed by atoms with Crippen LogP contribution in [0.25, 0.3) is 0 Å². The van der Waals surface area contributed by atoms with Crippen molar-refractivity contribution in [2.75, 3.05) is 13.2 Å². The predicted octanol–water partition coefficient (Wildman–Crippen LogP) is 5.99. The van der Waals surface area contributed by atoms with E-state index < -0.39 is 0 Å². The van der Waals surface area contributed by atoms with Crippen molar-refractivity contribution in [3.05, 3.63) is 81.2 Å². The van der Waals surface area contributed by atoms with Gasteiger partial charge in [-0.25, -0.2) is 0 Å². The molecule has 158 valence electrons. The van der Waals surface area contributed by atoms with Crippen molar-refractivity contribution >= 4 is 34.9 Å². The summed E-state index contributed by atoms with van der Waals surface area (Å²) in [4.78, 5) is 0. The summed E-state index contributed by atoms with van der Waals surface area (Å²) in [6.07, 6.45) is 2.94. The Labute approximate surface area is 192 Å². The van der Waals surface area contributed by atoms with E-state index in [1.807, 2.05) is 18.2 Å². The first kappa shape index (κ1) is 21.7. The van der Waals surface area contributed by atoms with Gasteiger partial charge < -0.3 is 10.5 Å². The number of nitrogens with one attached hydrogen (secondary N) is 1. The van der Waals surface area contributed by atoms with E-state index in [2.05, 4.69) is 47.4 Å². The number of hydrogen-bond acceptors (Lipinski definition) is 5. The third kappa shape index (κ3) is 5.59. The number of thiophene rings is 1. The fourth-order valence-electron chi connectivity index (χ4n) is 3.96. The molecule has 0 spiro atoms. The van der Waals surface area contributed by atoms with Gasteiger partial charge in [-0.3, -0.25) is 4.72 Å². The summed E-state index contributed by atoms with van der Waals surface area (Å²) in [5.74, 6) is 1.20. The van der Waals surface area contributed by atoms with Crippen LogP contribution >= 0.6 is 34.9 Å². The lowest BCUT2D eigenvalue weighted by molar-refractivity contribution is 0.323. The lowest BCUT2D eigenvalue weighted by Gasteiger charge is -2.32. The summed E-state index contributed by atoms with van der Waals surface area (Å²) in [5, 5.41) is 2.94. The molecule has 1 heterocycles. The van der Waals surface area contributed by atoms with Gasteiger partial charge in [0.2, 0.25) is 0 Å². The zero-order chi connectivity index (χ0) is 20.9. The molecule has 0 radical (unpaired) electrons. The van der Waals surface area contributed by atoms with Crippen LogP contribution in [0.1, 0.15) is 34.6 Å². The van der Waals surface area contributed by atoms with Gasteiger partial charge in [0.05, 0.1) is 4.21 Å². The van der Waals surface area contributed by atoms with Crippen molar-refractivity contribution < 1.29 is 4.74 Å². The number of fused-ring (bicyclic) bond motifs is 1. The van der Waals surface area contributed by atoms with Crippen LogP contribution in [0.2, 0.25) is 5.02 Å². The Kier molecular flexibility index (Phi) is 7.39. The maximum Gasteiger partial charge on any atom is 0.119 e. The van der Waals surface area contributed by atoms with Gasteiger partial charge in [0, 0.05) is 23.5 Å². The summed E-state index contributed by atoms with van der Waals surface area (Å²) in [7, 11) is 0. The van der Waals surface area contributed by atoms with Crippen LogP contribution in [0.4, 0.5) is 0 Å². The van der Waals surface area contributed by atoms with Gasteiger partial charge in [0.1, 0.15) is 12.4 Å². The Hall–Kier alpha value is -1.50. The third-order valence-electron chi connectivity index (χ3n) is 5.48. The van der Waals surface area contributed by atoms with Crippen molar-refractivity contribution in [2.24, 2.45) is 5.73 Å². The van der Waals surface area contributed by atoms with E-state index in [4.69, 9.17) is 22.1 Å². The van der Waals surface area contributed by atoms with Gasteiger partial charge in [-0.15, -0.1) is 11.3 Å². The molecule has 3 N–H and O–H groups in total. The average molecular weight is 459 g/mol. The number of rotatable bonds is 8. The van der Waals surface area contributed by atoms with Gasteiger partial charge in [0.15, 0.2) is 0 Å². The molecular weight excluding hydrogens is 432 g/mol. The van der Waals surface area contributed by atoms with Gasteiger partial charge in [0.25, 0.3) is 0 Å². The van der Waals surface area contributed by atoms with Crippen molar-refractivity contribution in [2.45, 2.75) is 42.4 Å². The number of benzene rings is 2. The number of aryl methyl sites for hydroxylation is 2. The van der Waals surface area contributed by atoms with Gasteiger partial charge >= 0.3 is 0 Å². The van der Waals surface area contributed by atoms with Crippen LogP contribution in [0.15, 0.2) is 58.1 Å². The van der Waals surface area contributed by atoms with Crippen molar-refractivity contribution in [3.8, 4) is 5.75 Å². The minimum Gasteiger partial charge on any atom is -0.492 e. The molecule has 0 saturated heterocycles. The standard InChI is InChI=1S/C24H27ClN2OS2/c1-16-11-24(29-15-16)30-27-9-10-28-20-7-5-18-6-8-23(26)22(21(18)14-20)13-17-3-2-4-19(25)12-17/h2-5,7,11-12,14-15,22-23,27H,6,8-10,13,26H2,1H3. The quantitative estimate of drug-likeness (QED) is 0.321. The second-order valence-corrected chi connectivity index (χ2v) is 10.3. The van der Waals surface area contributed by atoms with E-state index in [1.165, 1.54) is 26.5 Å². The molecule has 1 aliphatic rings. The van der Waals surface area contributed by atoms with E-state index >= 15 is 0 Å². The molecule has 1 aromatic heterocycles. The van der Waals surface area contributed by atoms with Gasteiger partial charge in [-0.2, -0.15) is 0 Å². The minimum atomic E-state index is 0.152. The van der Waals surface area contributed by atoms with Crippen LogP contribution in [0.3, 0.4) is 0 Å². The lowest BCUT2D eigenvalue weighted by Crippen LogP contribution is -2.34. The number of hydrogen-bond donors (Lipinski definition) is 2. The summed E-state index contributed by atoms with van der Waals surface area (Å²) in [6.45, 7) is 3.52. The predicted molar refractivity (Wildman–Crippen MR) is 129 cm³/mol. The Balaban J connectivity index is 1.37. The van der Waals surface area contributed by atoms with E-state index in [1.54, 1.807) is 23.3 Å². The van der Waals surface area contributed by atoms with Crippen LogP contribution < -0.4 is 15.2 Å². The second kappa shape index (κ2) is 10.2. The summed E-state index contributed by atoms with van der Waals surface area (Å²) >= 11 is 9.61. The molecular formula is C24H27ClN2OS2. The first-order chi connectivity index (χ1) is 14.6. The SMILES string of the molecule is Cc1csc(SNCCOc2ccc3c(c2)C(Cc2cccc(Cl)c2)C(N)CC3)c1. The first-order valence-electron chi connectivity index (χ1n) is 10.3. The smallest absolute Gasteiger partial charge is 0.119 e. The summed E-state index contributed by atoms with van der Waals surface area (Å²) in [6, 6.07) is 16.9. The Morgan fingerprint density at radius 3 is 2.93 bits per heavy atom. The van der Waals surface area contributed by atoms with Crippen molar-refractivity contribution in [1.82, 2.24) is 4.72 Å². The molecule has 4 rings (SSSR count). The topological polar surface area (TPSA) is 47.3 Å². The molecule has 0 fully saturated rings. The molecule has 30 heavy (non-hydrogen) atoms. The molecule has 1 aliphatic carbocycles. The fraction of sp³-hybridized carbons (Fsp3) is 0.333. The molecule has 2 aromatic carbocycles. The maximum absolute atomic E-state index is 6.54. The highest BCUT2D eigenvalue weighted by Crippen LogP contribution is 2.36. The van der Waals surface area contributed by atoms with E-state index in [0.29, 0.717) is 6.61 Å². The third-order valence-corrected chi connectivity index (χ3v) is 7.76. The molecule has 3 nitrogen and oxygen atoms in total. The largest absolute Gasteiger partial charge is 0.492 e. The molecule has 0 amide bonds. The van der Waals surface area contributed by atoms with Gasteiger partial charge in [-0.1, -0.05) is 29.8 Å². The molecule has 0 saturated carbocycles. The number of ether oxygens (including phenoxy) is 1. The van der Waals surface area contributed by atoms with Crippen molar-refractivity contribution in [1.29, 1.82) is 0 Å². The molecule has 3 aromatic rings. The first-order valence-corrected chi connectivity index (χ1v) is 12.4. The number of nitrogens with two attached hydrogens (primary N) is 1. The Morgan fingerprint density at radius 1 is 1.23 bits per heavy atom. The normalized spacial score (nSPS) is 18.2. The number of halogens is 1. The van der Waals surface area contributed by atoms with E-state index in [9.17, 15) is 0 Å². The molecule has 2 unspecified atom stereocenters. The molecule has 2 atom stereocenters. The minimum absolute atomic E-state index is 0.152. The fourth-order valence-corrected chi connectivity index (χ4v) is 5.88. The zero-order valence-electron chi connectivity index (χ0n) is 17.1. The maximum atomic E-state index is 6.54. The van der Waals surface area contributed by atoms with Crippen LogP contribution in [-0.2, 0) is 12.8 Å². The van der Waals surface area contributed by atoms with Crippen LogP contribution in [0.5, 0.6) is 5.75 Å². The van der Waals surface area contributed by atoms with Crippen LogP contribution in [-0.4, -0.2) is 19.2 Å². The Morgan fingerprint density at radius 2 is 2.13 bits per heavy atom. The highest BCUT2D eigenvalue weighted by molar-refractivity contribution is 7.99. The van der Waals surface area contributed by atoms with E-state index in [-0.39, 0.29) is 12.0 Å². The highest BCUT2D eigenvalue weighted by Gasteiger charge is 2.27. The zero-order valence-corrected chi connectivity index (χ0v) is 19.5. The van der Waals surface area contributed by atoms with Gasteiger partial charge in [-0.05, 0) is 96.1 Å². The second-order valence-electron chi connectivity index (χ2n) is 7.79. The van der Waals surface area contributed by atoms with E-state index in [0.717, 1.165) is 36.6 Å². The molecule has 0 aliphatic heterocycles. The lowest BCUT2D eigenvalue weighted by atomic mass is 9.76. The molecule has 0 bridgehead atoms. The highest BCUT2D eigenvalue weighted by atomic mass is 35.5. The van der Waals surface area contributed by atoms with Crippen LogP contribution in [0, 0.1) is 6.92 Å². The summed E-state index contributed by atoms with van der Waals surface area (Å²) in [5.41, 5.74) is 11.8. The van der Waals surface area contributed by atoms with Crippen molar-refractivity contribution in [3.63, 3.8) is 0 Å². The molecule has 6 heteroatoms. The monoisotopic (exact) mass is 458 g/mol. The Bertz CT molecular complexity index is 991.